The second kappa shape index (κ2) is 11.4. The van der Waals surface area contributed by atoms with Crippen LogP contribution in [0.4, 0.5) is 0 Å². The molecular weight excluding hydrogens is 458 g/mol. The molecule has 2 amide bonds. The third kappa shape index (κ3) is 6.61. The van der Waals surface area contributed by atoms with Crippen molar-refractivity contribution >= 4 is 47.3 Å². The summed E-state index contributed by atoms with van der Waals surface area (Å²) in [7, 11) is 0. The predicted molar refractivity (Wildman–Crippen MR) is 129 cm³/mol. The number of hydrogen-bond acceptors (Lipinski definition) is 5. The van der Waals surface area contributed by atoms with E-state index in [0.29, 0.717) is 5.56 Å². The summed E-state index contributed by atoms with van der Waals surface area (Å²) in [5.74, 6) is -4.13. The Hall–Kier alpha value is -3.79. The number of aromatic nitrogens is 1. The van der Waals surface area contributed by atoms with Gasteiger partial charge in [-0.2, -0.15) is 12.6 Å². The van der Waals surface area contributed by atoms with Gasteiger partial charge in [0.15, 0.2) is 0 Å². The molecule has 2 aromatic carbocycles. The number of carbonyl (C=O) groups is 4. The largest absolute Gasteiger partial charge is 0.481 e. The third-order valence-electron chi connectivity index (χ3n) is 5.30. The topological polar surface area (TPSA) is 149 Å². The number of amides is 2. The Labute approximate surface area is 201 Å². The Balaban J connectivity index is 1.69. The zero-order valence-corrected chi connectivity index (χ0v) is 19.0. The Morgan fingerprint density at radius 3 is 2.18 bits per heavy atom. The first kappa shape index (κ1) is 24.8. The van der Waals surface area contributed by atoms with Gasteiger partial charge in [0, 0.05) is 23.5 Å². The van der Waals surface area contributed by atoms with Gasteiger partial charge in [0.25, 0.3) is 0 Å². The zero-order chi connectivity index (χ0) is 24.7. The van der Waals surface area contributed by atoms with Gasteiger partial charge in [-0.15, -0.1) is 0 Å². The van der Waals surface area contributed by atoms with Crippen LogP contribution in [-0.4, -0.2) is 56.3 Å². The van der Waals surface area contributed by atoms with E-state index in [-0.39, 0.29) is 12.8 Å². The number of fused-ring (bicyclic) bond motifs is 1. The van der Waals surface area contributed by atoms with Crippen molar-refractivity contribution in [2.75, 3.05) is 0 Å². The maximum atomic E-state index is 12.8. The highest BCUT2D eigenvalue weighted by atomic mass is 32.1. The van der Waals surface area contributed by atoms with Crippen LogP contribution in [-0.2, 0) is 32.0 Å². The standard InChI is InChI=1S/C24H25N3O6S/c28-21(29)12-18(26-23(31)20(34)10-14-6-2-1-3-7-14)22(30)27-19(24(32)33)11-15-13-25-17-9-5-4-8-16(15)17/h1-9,13,18-20,25,34H,10-12H2,(H,26,31)(H,27,30)(H,28,29)(H,32,33)/t18?,19?,20-/m0/s1. The van der Waals surface area contributed by atoms with E-state index in [9.17, 15) is 29.4 Å². The fourth-order valence-electron chi connectivity index (χ4n) is 3.57. The minimum Gasteiger partial charge on any atom is -0.481 e. The summed E-state index contributed by atoms with van der Waals surface area (Å²) in [6.07, 6.45) is 1.21. The number of carbonyl (C=O) groups excluding carboxylic acids is 2. The summed E-state index contributed by atoms with van der Waals surface area (Å²) >= 11 is 4.28. The number of hydrogen-bond donors (Lipinski definition) is 6. The third-order valence-corrected chi connectivity index (χ3v) is 5.72. The molecule has 0 saturated carbocycles. The van der Waals surface area contributed by atoms with E-state index in [2.05, 4.69) is 28.2 Å². The summed E-state index contributed by atoms with van der Waals surface area (Å²) < 4.78 is 0. The number of thiol groups is 1. The molecule has 0 aliphatic rings. The molecule has 5 N–H and O–H groups in total. The van der Waals surface area contributed by atoms with Crippen LogP contribution in [0.2, 0.25) is 0 Å². The van der Waals surface area contributed by atoms with E-state index in [1.807, 2.05) is 54.6 Å². The van der Waals surface area contributed by atoms with E-state index in [1.165, 1.54) is 0 Å². The average Bonchev–Trinajstić information content (AvgIpc) is 3.21. The molecule has 0 aliphatic heterocycles. The fourth-order valence-corrected chi connectivity index (χ4v) is 3.86. The SMILES string of the molecule is O=C(O)CC(NC(=O)[C@@H](S)Cc1ccccc1)C(=O)NC(Cc1c[nH]c2ccccc12)C(=O)O. The molecule has 0 spiro atoms. The molecule has 0 saturated heterocycles. The van der Waals surface area contributed by atoms with Crippen molar-refractivity contribution in [1.82, 2.24) is 15.6 Å². The van der Waals surface area contributed by atoms with Crippen LogP contribution in [0.15, 0.2) is 60.8 Å². The molecule has 3 aromatic rings. The number of nitrogens with one attached hydrogen (secondary N) is 3. The minimum atomic E-state index is -1.46. The zero-order valence-electron chi connectivity index (χ0n) is 18.1. The summed E-state index contributed by atoms with van der Waals surface area (Å²) in [5, 5.41) is 23.6. The van der Waals surface area contributed by atoms with Gasteiger partial charge in [0.05, 0.1) is 11.7 Å². The normalized spacial score (nSPS) is 13.6. The Morgan fingerprint density at radius 1 is 0.853 bits per heavy atom. The highest BCUT2D eigenvalue weighted by Gasteiger charge is 2.30. The first-order valence-electron chi connectivity index (χ1n) is 10.6. The fraction of sp³-hybridized carbons (Fsp3) is 0.250. The second-order valence-corrected chi connectivity index (χ2v) is 8.45. The number of para-hydroxylation sites is 1. The average molecular weight is 484 g/mol. The van der Waals surface area contributed by atoms with Gasteiger partial charge in [0.1, 0.15) is 12.1 Å². The first-order valence-corrected chi connectivity index (χ1v) is 11.1. The van der Waals surface area contributed by atoms with E-state index in [4.69, 9.17) is 0 Å². The lowest BCUT2D eigenvalue weighted by atomic mass is 10.0. The lowest BCUT2D eigenvalue weighted by molar-refractivity contribution is -0.143. The Bertz CT molecular complexity index is 1180. The Kier molecular flexibility index (Phi) is 8.31. The van der Waals surface area contributed by atoms with Crippen LogP contribution in [0.5, 0.6) is 0 Å². The van der Waals surface area contributed by atoms with Gasteiger partial charge in [-0.3, -0.25) is 14.4 Å². The van der Waals surface area contributed by atoms with Crippen LogP contribution >= 0.6 is 12.6 Å². The lowest BCUT2D eigenvalue weighted by Crippen LogP contribution is -2.54. The molecule has 0 fully saturated rings. The monoisotopic (exact) mass is 483 g/mol. The van der Waals surface area contributed by atoms with Crippen molar-refractivity contribution in [2.45, 2.75) is 36.6 Å². The predicted octanol–water partition coefficient (Wildman–Crippen LogP) is 1.78. The van der Waals surface area contributed by atoms with Gasteiger partial charge in [0.2, 0.25) is 11.8 Å². The molecule has 1 aromatic heterocycles. The maximum absolute atomic E-state index is 12.8. The molecule has 9 nitrogen and oxygen atoms in total. The number of aromatic amines is 1. The lowest BCUT2D eigenvalue weighted by Gasteiger charge is -2.22. The van der Waals surface area contributed by atoms with Gasteiger partial charge < -0.3 is 25.8 Å². The summed E-state index contributed by atoms with van der Waals surface area (Å²) in [6, 6.07) is 13.6. The number of aliphatic carboxylic acids is 2. The number of rotatable bonds is 11. The first-order chi connectivity index (χ1) is 16.2. The van der Waals surface area contributed by atoms with E-state index in [0.717, 1.165) is 16.5 Å². The van der Waals surface area contributed by atoms with Crippen molar-refractivity contribution in [2.24, 2.45) is 0 Å². The van der Waals surface area contributed by atoms with Crippen molar-refractivity contribution in [3.63, 3.8) is 0 Å². The minimum absolute atomic E-state index is 0.0258. The van der Waals surface area contributed by atoms with Crippen molar-refractivity contribution < 1.29 is 29.4 Å². The van der Waals surface area contributed by atoms with Gasteiger partial charge in [-0.05, 0) is 23.6 Å². The van der Waals surface area contributed by atoms with Crippen LogP contribution in [0, 0.1) is 0 Å². The molecule has 3 atom stereocenters. The molecule has 34 heavy (non-hydrogen) atoms. The summed E-state index contributed by atoms with van der Waals surface area (Å²) in [6.45, 7) is 0. The molecule has 3 rings (SSSR count). The summed E-state index contributed by atoms with van der Waals surface area (Å²) in [5.41, 5.74) is 2.35. The smallest absolute Gasteiger partial charge is 0.326 e. The molecule has 0 bridgehead atoms. The molecular formula is C24H25N3O6S. The molecule has 2 unspecified atom stereocenters. The second-order valence-electron chi connectivity index (χ2n) is 7.83. The number of H-pyrrole nitrogens is 1. The van der Waals surface area contributed by atoms with E-state index in [1.54, 1.807) is 6.20 Å². The highest BCUT2D eigenvalue weighted by Crippen LogP contribution is 2.19. The van der Waals surface area contributed by atoms with Crippen LogP contribution in [0.3, 0.4) is 0 Å². The number of carboxylic acid groups (broad SMARTS) is 2. The Morgan fingerprint density at radius 2 is 1.50 bits per heavy atom. The molecule has 0 aliphatic carbocycles. The van der Waals surface area contributed by atoms with Crippen LogP contribution in [0.25, 0.3) is 10.9 Å². The molecule has 10 heteroatoms. The number of benzene rings is 2. The van der Waals surface area contributed by atoms with E-state index < -0.39 is 47.5 Å². The van der Waals surface area contributed by atoms with Crippen molar-refractivity contribution in [3.05, 3.63) is 71.9 Å². The summed E-state index contributed by atoms with van der Waals surface area (Å²) in [4.78, 5) is 51.6. The van der Waals surface area contributed by atoms with Crippen LogP contribution < -0.4 is 10.6 Å². The quantitative estimate of drug-likeness (QED) is 0.229. The van der Waals surface area contributed by atoms with Gasteiger partial charge in [-0.1, -0.05) is 48.5 Å². The highest BCUT2D eigenvalue weighted by molar-refractivity contribution is 7.81. The van der Waals surface area contributed by atoms with Crippen LogP contribution in [0.1, 0.15) is 17.5 Å². The molecule has 1 heterocycles. The molecule has 178 valence electrons. The van der Waals surface area contributed by atoms with Gasteiger partial charge >= 0.3 is 11.9 Å². The molecule has 0 radical (unpaired) electrons. The maximum Gasteiger partial charge on any atom is 0.326 e. The van der Waals surface area contributed by atoms with Crippen molar-refractivity contribution in [3.8, 4) is 0 Å². The number of carboxylic acids is 2. The van der Waals surface area contributed by atoms with E-state index >= 15 is 0 Å². The van der Waals surface area contributed by atoms with Crippen molar-refractivity contribution in [1.29, 1.82) is 0 Å². The van der Waals surface area contributed by atoms with Gasteiger partial charge in [-0.25, -0.2) is 4.79 Å².